The summed E-state index contributed by atoms with van der Waals surface area (Å²) in [7, 11) is -1.78. The van der Waals surface area contributed by atoms with Crippen molar-refractivity contribution in [3.63, 3.8) is 0 Å². The van der Waals surface area contributed by atoms with E-state index in [0.29, 0.717) is 17.0 Å². The summed E-state index contributed by atoms with van der Waals surface area (Å²) >= 11 is 0.960. The van der Waals surface area contributed by atoms with Gasteiger partial charge in [-0.15, -0.1) is 15.7 Å². The van der Waals surface area contributed by atoms with E-state index in [4.69, 9.17) is 5.14 Å². The van der Waals surface area contributed by atoms with E-state index in [2.05, 4.69) is 19.8 Å². The van der Waals surface area contributed by atoms with Crippen LogP contribution >= 0.6 is 11.3 Å². The fourth-order valence-corrected chi connectivity index (χ4v) is 4.79. The van der Waals surface area contributed by atoms with Gasteiger partial charge in [-0.3, -0.25) is 4.68 Å². The van der Waals surface area contributed by atoms with Crippen LogP contribution in [0.1, 0.15) is 31.2 Å². The lowest BCUT2D eigenvalue weighted by Gasteiger charge is -2.13. The van der Waals surface area contributed by atoms with E-state index in [1.54, 1.807) is 31.8 Å². The van der Waals surface area contributed by atoms with E-state index >= 15 is 0 Å². The number of hydrogen-bond donors (Lipinski definition) is 3. The summed E-state index contributed by atoms with van der Waals surface area (Å²) in [4.78, 5) is 17.0. The average Bonchev–Trinajstić information content (AvgIpc) is 3.22. The average molecular weight is 423 g/mol. The molecule has 0 radical (unpaired) electrons. The first-order chi connectivity index (χ1) is 13.0. The number of aryl methyl sites for hydroxylation is 2. The van der Waals surface area contributed by atoms with Gasteiger partial charge >= 0.3 is 6.03 Å². The molecule has 1 unspecified atom stereocenters. The van der Waals surface area contributed by atoms with Crippen LogP contribution in [-0.4, -0.2) is 30.1 Å². The number of hydrogen-bond acceptors (Lipinski definition) is 6. The Balaban J connectivity index is 1.97. The van der Waals surface area contributed by atoms with Crippen LogP contribution < -0.4 is 10.5 Å². The van der Waals surface area contributed by atoms with Crippen LogP contribution in [0.2, 0.25) is 0 Å². The summed E-state index contributed by atoms with van der Waals surface area (Å²) in [5.41, 5.74) is 1.03. The molecule has 3 rings (SSSR count). The van der Waals surface area contributed by atoms with Crippen molar-refractivity contribution < 1.29 is 14.1 Å². The molecule has 1 aromatic carbocycles. The van der Waals surface area contributed by atoms with E-state index < -0.39 is 21.5 Å². The second-order valence-electron chi connectivity index (χ2n) is 6.80. The molecule has 4 N–H and O–H groups in total. The zero-order chi connectivity index (χ0) is 20.7. The molecule has 0 spiro atoms. The molecule has 3 aromatic rings. The Bertz CT molecular complexity index is 1170. The first-order valence-corrected chi connectivity index (χ1v) is 10.9. The van der Waals surface area contributed by atoms with Gasteiger partial charge in [0.1, 0.15) is 0 Å². The Labute approximate surface area is 166 Å². The van der Waals surface area contributed by atoms with Crippen LogP contribution in [0, 0.1) is 0 Å². The number of nitrogens with zero attached hydrogens (tertiary/aromatic N) is 4. The molecule has 2 heterocycles. The Morgan fingerprint density at radius 2 is 2.14 bits per heavy atom. The highest BCUT2D eigenvalue weighted by Gasteiger charge is 2.23. The number of carbonyl (C=O) groups excluding carboxylic acids is 1. The highest BCUT2D eigenvalue weighted by Crippen LogP contribution is 2.29. The van der Waals surface area contributed by atoms with E-state index in [-0.39, 0.29) is 4.34 Å². The Morgan fingerprint density at radius 3 is 2.75 bits per heavy atom. The molecule has 0 saturated heterocycles. The van der Waals surface area contributed by atoms with Crippen LogP contribution in [0.25, 0.3) is 10.9 Å². The Kier molecular flexibility index (Phi) is 5.28. The van der Waals surface area contributed by atoms with Crippen molar-refractivity contribution in [1.29, 1.82) is 0 Å². The quantitative estimate of drug-likeness (QED) is 0.594. The number of nitrogens with one attached hydrogen (secondary N) is 1. The first kappa shape index (κ1) is 20.4. The highest BCUT2D eigenvalue weighted by atomic mass is 32.2. The van der Waals surface area contributed by atoms with Crippen molar-refractivity contribution >= 4 is 43.9 Å². The SMILES string of the molecule is CCc1ccc2cnn(C)c2c1NC(=O)N=S(N)(=O)c1ncc(C(C)(C)O)s1. The molecule has 9 nitrogen and oxygen atoms in total. The lowest BCUT2D eigenvalue weighted by Crippen LogP contribution is -2.18. The zero-order valence-corrected chi connectivity index (χ0v) is 17.6. The van der Waals surface area contributed by atoms with Gasteiger partial charge in [0, 0.05) is 18.6 Å². The smallest absolute Gasteiger partial charge is 0.355 e. The van der Waals surface area contributed by atoms with Gasteiger partial charge in [-0.25, -0.2) is 19.1 Å². The van der Waals surface area contributed by atoms with E-state index in [1.165, 1.54) is 6.20 Å². The van der Waals surface area contributed by atoms with Crippen LogP contribution in [0.3, 0.4) is 0 Å². The van der Waals surface area contributed by atoms with Crippen molar-refractivity contribution in [2.45, 2.75) is 37.1 Å². The fourth-order valence-electron chi connectivity index (χ4n) is 2.71. The normalized spacial score (nSPS) is 14.1. The molecule has 0 saturated carbocycles. The molecule has 11 heteroatoms. The summed E-state index contributed by atoms with van der Waals surface area (Å²) in [5, 5.41) is 23.6. The van der Waals surface area contributed by atoms with Crippen molar-refractivity contribution in [3.05, 3.63) is 35.0 Å². The topological polar surface area (TPSA) is 135 Å². The molecule has 0 bridgehead atoms. The minimum Gasteiger partial charge on any atom is -0.385 e. The number of carbonyl (C=O) groups is 1. The van der Waals surface area contributed by atoms with Crippen LogP contribution in [-0.2, 0) is 29.0 Å². The number of aliphatic hydroxyl groups is 1. The van der Waals surface area contributed by atoms with Crippen molar-refractivity contribution in [1.82, 2.24) is 14.8 Å². The summed E-state index contributed by atoms with van der Waals surface area (Å²) in [5.74, 6) is 0. The van der Waals surface area contributed by atoms with Gasteiger partial charge in [-0.2, -0.15) is 5.10 Å². The van der Waals surface area contributed by atoms with Crippen LogP contribution in [0.5, 0.6) is 0 Å². The highest BCUT2D eigenvalue weighted by molar-refractivity contribution is 7.93. The summed E-state index contributed by atoms with van der Waals surface area (Å²) in [6.07, 6.45) is 3.75. The van der Waals surface area contributed by atoms with Gasteiger partial charge in [-0.05, 0) is 25.8 Å². The number of rotatable bonds is 4. The van der Waals surface area contributed by atoms with Crippen molar-refractivity contribution in [2.24, 2.45) is 16.5 Å². The predicted molar refractivity (Wildman–Crippen MR) is 109 cm³/mol. The van der Waals surface area contributed by atoms with Crippen LogP contribution in [0.15, 0.2) is 33.2 Å². The third kappa shape index (κ3) is 3.92. The standard InChI is InChI=1S/C17H22N6O3S2/c1-5-10-6-7-11-8-20-23(4)14(11)13(10)21-15(24)22-28(18,26)16-19-9-12(27-16)17(2,3)25/h6-9,25H,5H2,1-4H3,(H3,18,21,22,24,26). The van der Waals surface area contributed by atoms with Gasteiger partial charge in [0.25, 0.3) is 0 Å². The fraction of sp³-hybridized carbons (Fsp3) is 0.353. The second-order valence-corrected chi connectivity index (χ2v) is 9.79. The van der Waals surface area contributed by atoms with Gasteiger partial charge in [0.2, 0.25) is 4.34 Å². The maximum atomic E-state index is 12.8. The second kappa shape index (κ2) is 7.24. The van der Waals surface area contributed by atoms with E-state index in [1.807, 2.05) is 19.1 Å². The van der Waals surface area contributed by atoms with Gasteiger partial charge in [0.05, 0.1) is 27.9 Å². The minimum absolute atomic E-state index is 0.0192. The van der Waals surface area contributed by atoms with Crippen molar-refractivity contribution in [3.8, 4) is 0 Å². The number of aromatic nitrogens is 3. The molecule has 28 heavy (non-hydrogen) atoms. The molecule has 1 atom stereocenters. The molecule has 150 valence electrons. The van der Waals surface area contributed by atoms with Gasteiger partial charge < -0.3 is 10.4 Å². The van der Waals surface area contributed by atoms with E-state index in [0.717, 1.165) is 27.8 Å². The summed E-state index contributed by atoms with van der Waals surface area (Å²) in [6.45, 7) is 5.12. The molecule has 0 aliphatic carbocycles. The number of anilines is 1. The molecule has 0 fully saturated rings. The Morgan fingerprint density at radius 1 is 1.43 bits per heavy atom. The number of amides is 2. The lowest BCUT2D eigenvalue weighted by atomic mass is 10.1. The summed E-state index contributed by atoms with van der Waals surface area (Å²) in [6, 6.07) is 2.99. The van der Waals surface area contributed by atoms with Crippen LogP contribution in [0.4, 0.5) is 10.5 Å². The lowest BCUT2D eigenvalue weighted by molar-refractivity contribution is 0.0823. The monoisotopic (exact) mass is 422 g/mol. The maximum absolute atomic E-state index is 12.8. The number of urea groups is 1. The molecule has 0 aliphatic heterocycles. The molecule has 2 aromatic heterocycles. The Hall–Kier alpha value is -2.34. The molecular formula is C17H22N6O3S2. The third-order valence-corrected chi connectivity index (χ3v) is 7.27. The molecule has 0 aliphatic rings. The zero-order valence-electron chi connectivity index (χ0n) is 16.0. The maximum Gasteiger partial charge on any atom is 0.355 e. The largest absolute Gasteiger partial charge is 0.385 e. The molecular weight excluding hydrogens is 400 g/mol. The number of nitrogens with two attached hydrogens (primary N) is 1. The van der Waals surface area contributed by atoms with E-state index in [9.17, 15) is 14.1 Å². The number of thiazole rings is 1. The minimum atomic E-state index is -3.55. The van der Waals surface area contributed by atoms with Gasteiger partial charge in [-0.1, -0.05) is 19.1 Å². The first-order valence-electron chi connectivity index (χ1n) is 8.51. The van der Waals surface area contributed by atoms with Crippen molar-refractivity contribution in [2.75, 3.05) is 5.32 Å². The summed E-state index contributed by atoms with van der Waals surface area (Å²) < 4.78 is 18.1. The predicted octanol–water partition coefficient (Wildman–Crippen LogP) is 2.75. The number of benzene rings is 1. The molecule has 2 amide bonds. The van der Waals surface area contributed by atoms with Gasteiger partial charge in [0.15, 0.2) is 9.92 Å². The number of fused-ring (bicyclic) bond motifs is 1. The third-order valence-electron chi connectivity index (χ3n) is 4.16.